The molecule has 0 atom stereocenters. The van der Waals surface area contributed by atoms with Crippen molar-refractivity contribution >= 4 is 0 Å². The predicted molar refractivity (Wildman–Crippen MR) is 94.9 cm³/mol. The summed E-state index contributed by atoms with van der Waals surface area (Å²) < 4.78 is 11.6. The molecule has 0 saturated carbocycles. The number of benzene rings is 3. The fourth-order valence-electron chi connectivity index (χ4n) is 2.84. The second-order valence-electron chi connectivity index (χ2n) is 5.76. The number of nitrogens with zero attached hydrogens (tertiary/aromatic N) is 2. The zero-order valence-electron chi connectivity index (χ0n) is 14.1. The Balaban J connectivity index is 1.73. The van der Waals surface area contributed by atoms with Crippen molar-refractivity contribution in [3.8, 4) is 39.8 Å². The van der Waals surface area contributed by atoms with Crippen LogP contribution in [0, 0.1) is 0 Å². The minimum absolute atomic E-state index is 0.384. The highest BCUT2D eigenvalue weighted by Crippen LogP contribution is 2.27. The first-order valence-corrected chi connectivity index (χ1v) is 8.15. The average molecular weight is 344 g/mol. The largest absolute Gasteiger partial charge is 0.539 e. The number of hydrogen-bond donors (Lipinski definition) is 0. The van der Waals surface area contributed by atoms with Crippen LogP contribution in [0.2, 0.25) is 0 Å². The van der Waals surface area contributed by atoms with Gasteiger partial charge in [-0.25, -0.2) is 0 Å². The summed E-state index contributed by atoms with van der Waals surface area (Å²) in [7, 11) is 1.60. The third-order valence-corrected chi connectivity index (χ3v) is 4.19. The third kappa shape index (κ3) is 2.91. The van der Waals surface area contributed by atoms with Crippen molar-refractivity contribution in [2.75, 3.05) is 7.11 Å². The maximum Gasteiger partial charge on any atom is 0.270 e. The standard InChI is InChI=1S/C21H16N2O3/c1-25-19-13-11-18(12-14-19)23-20(21(24)26-22-23)17-9-7-16(8-10-17)15-5-3-2-4-6-15/h2-14H,1H3. The molecule has 0 aliphatic carbocycles. The number of rotatable bonds is 4. The Morgan fingerprint density at radius 3 is 2.08 bits per heavy atom. The Hall–Kier alpha value is -3.60. The molecule has 0 fully saturated rings. The number of ether oxygens (including phenoxy) is 1. The molecule has 0 spiro atoms. The molecule has 0 aliphatic rings. The Morgan fingerprint density at radius 1 is 0.808 bits per heavy atom. The van der Waals surface area contributed by atoms with Gasteiger partial charge in [-0.05, 0) is 40.1 Å². The van der Waals surface area contributed by atoms with Gasteiger partial charge < -0.3 is 14.4 Å². The highest BCUT2D eigenvalue weighted by Gasteiger charge is 2.22. The van der Waals surface area contributed by atoms with E-state index in [1.807, 2.05) is 78.9 Å². The Labute approximate surface area is 150 Å². The molecule has 0 bridgehead atoms. The van der Waals surface area contributed by atoms with Gasteiger partial charge in [0.2, 0.25) is 5.69 Å². The van der Waals surface area contributed by atoms with E-state index in [-0.39, 0.29) is 0 Å². The van der Waals surface area contributed by atoms with E-state index < -0.39 is 5.95 Å². The van der Waals surface area contributed by atoms with Crippen LogP contribution >= 0.6 is 0 Å². The summed E-state index contributed by atoms with van der Waals surface area (Å²) in [6, 6.07) is 25.1. The maximum absolute atomic E-state index is 12.2. The van der Waals surface area contributed by atoms with Gasteiger partial charge in [0.25, 0.3) is 5.69 Å². The van der Waals surface area contributed by atoms with Crippen LogP contribution < -0.4 is 14.5 Å². The Bertz CT molecular complexity index is 1010. The molecule has 5 heteroatoms. The van der Waals surface area contributed by atoms with Crippen LogP contribution in [-0.4, -0.2) is 12.4 Å². The van der Waals surface area contributed by atoms with Crippen LogP contribution in [-0.2, 0) is 0 Å². The van der Waals surface area contributed by atoms with E-state index in [2.05, 4.69) is 5.27 Å². The lowest BCUT2D eigenvalue weighted by molar-refractivity contribution is -0.660. The number of methoxy groups -OCH3 is 1. The molecule has 3 aromatic carbocycles. The number of hydrogen-bond acceptors (Lipinski definition) is 4. The minimum atomic E-state index is -0.478. The van der Waals surface area contributed by atoms with Gasteiger partial charge in [-0.3, -0.25) is 0 Å². The van der Waals surface area contributed by atoms with Crippen LogP contribution in [0.15, 0.2) is 83.4 Å². The molecule has 0 saturated heterocycles. The fraction of sp³-hybridized carbons (Fsp3) is 0.0476. The lowest BCUT2D eigenvalue weighted by Crippen LogP contribution is -2.34. The van der Waals surface area contributed by atoms with E-state index >= 15 is 0 Å². The van der Waals surface area contributed by atoms with Crippen LogP contribution in [0.3, 0.4) is 0 Å². The molecule has 4 aromatic rings. The van der Waals surface area contributed by atoms with Crippen molar-refractivity contribution in [1.82, 2.24) is 5.27 Å². The number of aromatic nitrogens is 2. The van der Waals surface area contributed by atoms with Gasteiger partial charge in [0.05, 0.1) is 17.9 Å². The van der Waals surface area contributed by atoms with Gasteiger partial charge in [0.1, 0.15) is 5.75 Å². The zero-order chi connectivity index (χ0) is 17.9. The molecule has 0 radical (unpaired) electrons. The van der Waals surface area contributed by atoms with Gasteiger partial charge in [-0.15, -0.1) is 0 Å². The summed E-state index contributed by atoms with van der Waals surface area (Å²) in [5.41, 5.74) is 4.05. The minimum Gasteiger partial charge on any atom is -0.539 e. The van der Waals surface area contributed by atoms with Crippen LogP contribution in [0.1, 0.15) is 0 Å². The van der Waals surface area contributed by atoms with Crippen LogP contribution in [0.25, 0.3) is 28.1 Å². The smallest absolute Gasteiger partial charge is 0.270 e. The second-order valence-corrected chi connectivity index (χ2v) is 5.76. The molecular formula is C21H16N2O3. The van der Waals surface area contributed by atoms with Gasteiger partial charge in [0.15, 0.2) is 5.95 Å². The highest BCUT2D eigenvalue weighted by atomic mass is 16.6. The highest BCUT2D eigenvalue weighted by molar-refractivity contribution is 5.69. The van der Waals surface area contributed by atoms with Crippen molar-refractivity contribution in [2.24, 2.45) is 0 Å². The molecular weight excluding hydrogens is 328 g/mol. The summed E-state index contributed by atoms with van der Waals surface area (Å²) >= 11 is 0. The summed E-state index contributed by atoms with van der Waals surface area (Å²) in [4.78, 5) is 0. The van der Waals surface area contributed by atoms with E-state index in [9.17, 15) is 5.11 Å². The van der Waals surface area contributed by atoms with Gasteiger partial charge in [-0.1, -0.05) is 42.5 Å². The van der Waals surface area contributed by atoms with Crippen molar-refractivity contribution < 1.29 is 19.0 Å². The van der Waals surface area contributed by atoms with Gasteiger partial charge in [0, 0.05) is 12.1 Å². The summed E-state index contributed by atoms with van der Waals surface area (Å²) in [6.45, 7) is 0. The Kier molecular flexibility index (Phi) is 4.11. The van der Waals surface area contributed by atoms with E-state index in [0.717, 1.165) is 28.1 Å². The van der Waals surface area contributed by atoms with Crippen LogP contribution in [0.5, 0.6) is 11.7 Å². The maximum atomic E-state index is 12.2. The topological polar surface area (TPSA) is 62.2 Å². The zero-order valence-corrected chi connectivity index (χ0v) is 14.1. The van der Waals surface area contributed by atoms with Crippen molar-refractivity contribution in [1.29, 1.82) is 0 Å². The van der Waals surface area contributed by atoms with E-state index in [1.54, 1.807) is 7.11 Å². The molecule has 4 rings (SSSR count). The average Bonchev–Trinajstić information content (AvgIpc) is 3.10. The molecule has 5 nitrogen and oxygen atoms in total. The summed E-state index contributed by atoms with van der Waals surface area (Å²) in [6.07, 6.45) is 0. The van der Waals surface area contributed by atoms with E-state index in [1.165, 1.54) is 4.68 Å². The van der Waals surface area contributed by atoms with Gasteiger partial charge in [-0.2, -0.15) is 0 Å². The molecule has 26 heavy (non-hydrogen) atoms. The molecule has 128 valence electrons. The monoisotopic (exact) mass is 344 g/mol. The first-order chi connectivity index (χ1) is 12.8. The molecule has 0 amide bonds. The fourth-order valence-corrected chi connectivity index (χ4v) is 2.84. The van der Waals surface area contributed by atoms with Crippen molar-refractivity contribution in [3.05, 3.63) is 78.9 Å². The quantitative estimate of drug-likeness (QED) is 0.533. The van der Waals surface area contributed by atoms with Crippen molar-refractivity contribution in [2.45, 2.75) is 0 Å². The predicted octanol–water partition coefficient (Wildman–Crippen LogP) is 3.37. The molecule has 1 heterocycles. The summed E-state index contributed by atoms with van der Waals surface area (Å²) in [5.74, 6) is 0.252. The first kappa shape index (κ1) is 15.9. The molecule has 0 aliphatic heterocycles. The molecule has 1 aromatic heterocycles. The van der Waals surface area contributed by atoms with E-state index in [0.29, 0.717) is 5.69 Å². The lowest BCUT2D eigenvalue weighted by Gasteiger charge is -2.03. The SMILES string of the molecule is COc1ccc(-[n+]2noc([O-])c2-c2ccc(-c3ccccc3)cc2)cc1. The molecule has 0 unspecified atom stereocenters. The van der Waals surface area contributed by atoms with E-state index in [4.69, 9.17) is 9.26 Å². The third-order valence-electron chi connectivity index (χ3n) is 4.19. The lowest BCUT2D eigenvalue weighted by atomic mass is 10.0. The van der Waals surface area contributed by atoms with Crippen LogP contribution in [0.4, 0.5) is 0 Å². The first-order valence-electron chi connectivity index (χ1n) is 8.15. The molecule has 0 N–H and O–H groups in total. The summed E-state index contributed by atoms with van der Waals surface area (Å²) in [5, 5.41) is 16.1. The Morgan fingerprint density at radius 2 is 1.42 bits per heavy atom. The second kappa shape index (κ2) is 6.72. The normalized spacial score (nSPS) is 10.7. The van der Waals surface area contributed by atoms with Gasteiger partial charge >= 0.3 is 0 Å². The van der Waals surface area contributed by atoms with Crippen molar-refractivity contribution in [3.63, 3.8) is 0 Å².